The SMILES string of the molecule is CC(=O)Nc1ccc(/C=N/Nc2ncc(C(F)(F)F)cc2Cl)cc1. The van der Waals surface area contributed by atoms with E-state index in [1.54, 1.807) is 24.3 Å². The highest BCUT2D eigenvalue weighted by atomic mass is 35.5. The Kier molecular flexibility index (Phi) is 5.40. The van der Waals surface area contributed by atoms with Crippen molar-refractivity contribution in [2.45, 2.75) is 13.1 Å². The van der Waals surface area contributed by atoms with Gasteiger partial charge in [0.15, 0.2) is 5.82 Å². The molecule has 0 unspecified atom stereocenters. The topological polar surface area (TPSA) is 66.4 Å². The van der Waals surface area contributed by atoms with Crippen molar-refractivity contribution in [3.05, 3.63) is 52.7 Å². The number of pyridine rings is 1. The molecule has 2 rings (SSSR count). The Bertz CT molecular complexity index is 760. The van der Waals surface area contributed by atoms with Gasteiger partial charge in [-0.2, -0.15) is 18.3 Å². The molecule has 1 amide bonds. The van der Waals surface area contributed by atoms with Crippen LogP contribution in [0.2, 0.25) is 5.02 Å². The van der Waals surface area contributed by atoms with Crippen LogP contribution in [0.25, 0.3) is 0 Å². The molecule has 0 spiro atoms. The molecule has 0 aliphatic carbocycles. The van der Waals surface area contributed by atoms with Crippen LogP contribution in [0.4, 0.5) is 24.7 Å². The van der Waals surface area contributed by atoms with Crippen LogP contribution in [-0.4, -0.2) is 17.1 Å². The molecule has 0 saturated heterocycles. The van der Waals surface area contributed by atoms with E-state index in [9.17, 15) is 18.0 Å². The van der Waals surface area contributed by atoms with E-state index in [1.165, 1.54) is 13.1 Å². The minimum Gasteiger partial charge on any atom is -0.326 e. The lowest BCUT2D eigenvalue weighted by Gasteiger charge is -2.08. The maximum atomic E-state index is 12.5. The number of carbonyl (C=O) groups excluding carboxylic acids is 1. The molecule has 2 N–H and O–H groups in total. The third-order valence-corrected chi connectivity index (χ3v) is 3.07. The van der Waals surface area contributed by atoms with E-state index in [0.29, 0.717) is 17.4 Å². The summed E-state index contributed by atoms with van der Waals surface area (Å²) in [5.74, 6) is -0.170. The molecule has 0 aliphatic rings. The summed E-state index contributed by atoms with van der Waals surface area (Å²) < 4.78 is 37.5. The van der Waals surface area contributed by atoms with Crippen LogP contribution in [-0.2, 0) is 11.0 Å². The lowest BCUT2D eigenvalue weighted by atomic mass is 10.2. The fourth-order valence-corrected chi connectivity index (χ4v) is 1.91. The third-order valence-electron chi connectivity index (χ3n) is 2.78. The first-order valence-corrected chi connectivity index (χ1v) is 7.03. The molecule has 126 valence electrons. The Morgan fingerprint density at radius 3 is 2.50 bits per heavy atom. The van der Waals surface area contributed by atoms with Gasteiger partial charge >= 0.3 is 6.18 Å². The second-order valence-corrected chi connectivity index (χ2v) is 5.13. The number of halogens is 4. The number of carbonyl (C=O) groups is 1. The van der Waals surface area contributed by atoms with Gasteiger partial charge in [-0.3, -0.25) is 10.2 Å². The average molecular weight is 357 g/mol. The molecule has 0 aliphatic heterocycles. The van der Waals surface area contributed by atoms with E-state index in [2.05, 4.69) is 20.8 Å². The summed E-state index contributed by atoms with van der Waals surface area (Å²) >= 11 is 5.75. The van der Waals surface area contributed by atoms with Crippen molar-refractivity contribution >= 4 is 35.2 Å². The quantitative estimate of drug-likeness (QED) is 0.638. The van der Waals surface area contributed by atoms with Gasteiger partial charge in [-0.25, -0.2) is 4.98 Å². The van der Waals surface area contributed by atoms with Crippen molar-refractivity contribution in [1.29, 1.82) is 0 Å². The second kappa shape index (κ2) is 7.31. The molecule has 1 aromatic carbocycles. The van der Waals surface area contributed by atoms with E-state index in [-0.39, 0.29) is 16.7 Å². The number of nitrogens with zero attached hydrogens (tertiary/aromatic N) is 2. The molecular weight excluding hydrogens is 345 g/mol. The molecule has 2 aromatic rings. The van der Waals surface area contributed by atoms with Gasteiger partial charge in [0.2, 0.25) is 5.91 Å². The molecule has 0 saturated carbocycles. The molecule has 0 bridgehead atoms. The first kappa shape index (κ1) is 17.7. The van der Waals surface area contributed by atoms with Gasteiger partial charge in [-0.1, -0.05) is 23.7 Å². The monoisotopic (exact) mass is 356 g/mol. The minimum atomic E-state index is -4.51. The van der Waals surface area contributed by atoms with Gasteiger partial charge in [-0.05, 0) is 23.8 Å². The van der Waals surface area contributed by atoms with Crippen LogP contribution in [0.5, 0.6) is 0 Å². The first-order valence-electron chi connectivity index (χ1n) is 6.65. The van der Waals surface area contributed by atoms with Crippen LogP contribution in [0, 0.1) is 0 Å². The number of rotatable bonds is 4. The van der Waals surface area contributed by atoms with Crippen molar-refractivity contribution in [3.8, 4) is 0 Å². The first-order chi connectivity index (χ1) is 11.3. The highest BCUT2D eigenvalue weighted by Gasteiger charge is 2.31. The van der Waals surface area contributed by atoms with E-state index in [4.69, 9.17) is 11.6 Å². The Balaban J connectivity index is 2.02. The largest absolute Gasteiger partial charge is 0.417 e. The van der Waals surface area contributed by atoms with E-state index in [1.807, 2.05) is 0 Å². The van der Waals surface area contributed by atoms with Crippen molar-refractivity contribution < 1.29 is 18.0 Å². The van der Waals surface area contributed by atoms with Gasteiger partial charge in [0, 0.05) is 18.8 Å². The summed E-state index contributed by atoms with van der Waals surface area (Å²) in [7, 11) is 0. The van der Waals surface area contributed by atoms with Crippen LogP contribution in [0.15, 0.2) is 41.6 Å². The predicted molar refractivity (Wildman–Crippen MR) is 86.2 cm³/mol. The van der Waals surface area contributed by atoms with Crippen LogP contribution >= 0.6 is 11.6 Å². The van der Waals surface area contributed by atoms with Crippen molar-refractivity contribution in [1.82, 2.24) is 4.98 Å². The molecular formula is C15H12ClF3N4O. The average Bonchev–Trinajstić information content (AvgIpc) is 2.49. The second-order valence-electron chi connectivity index (χ2n) is 4.73. The van der Waals surface area contributed by atoms with Crippen LogP contribution in [0.3, 0.4) is 0 Å². The maximum Gasteiger partial charge on any atom is 0.417 e. The highest BCUT2D eigenvalue weighted by molar-refractivity contribution is 6.32. The molecule has 0 fully saturated rings. The summed E-state index contributed by atoms with van der Waals surface area (Å²) in [4.78, 5) is 14.5. The lowest BCUT2D eigenvalue weighted by Crippen LogP contribution is -2.06. The van der Waals surface area contributed by atoms with Crippen molar-refractivity contribution in [2.24, 2.45) is 5.10 Å². The summed E-state index contributed by atoms with van der Waals surface area (Å²) in [6.07, 6.45) is -2.40. The molecule has 1 heterocycles. The standard InChI is InChI=1S/C15H12ClF3N4O/c1-9(24)22-12-4-2-10(3-5-12)7-21-23-14-13(16)6-11(8-20-14)15(17,18)19/h2-8H,1H3,(H,20,23)(H,22,24)/b21-7+. The Morgan fingerprint density at radius 1 is 1.29 bits per heavy atom. The van der Waals surface area contributed by atoms with Crippen molar-refractivity contribution in [3.63, 3.8) is 0 Å². The summed E-state index contributed by atoms with van der Waals surface area (Å²) in [5, 5.41) is 6.29. The number of hydrazone groups is 1. The van der Waals surface area contributed by atoms with E-state index >= 15 is 0 Å². The highest BCUT2D eigenvalue weighted by Crippen LogP contribution is 2.32. The fourth-order valence-electron chi connectivity index (χ4n) is 1.70. The molecule has 1 aromatic heterocycles. The number of nitrogens with one attached hydrogen (secondary N) is 2. The van der Waals surface area contributed by atoms with Gasteiger partial charge in [0.25, 0.3) is 0 Å². The molecule has 0 radical (unpaired) electrons. The van der Waals surface area contributed by atoms with Gasteiger partial charge in [0.05, 0.1) is 16.8 Å². The number of benzene rings is 1. The van der Waals surface area contributed by atoms with Gasteiger partial charge in [0.1, 0.15) is 0 Å². The number of amides is 1. The molecule has 9 heteroatoms. The lowest BCUT2D eigenvalue weighted by molar-refractivity contribution is -0.137. The zero-order valence-electron chi connectivity index (χ0n) is 12.4. The molecule has 24 heavy (non-hydrogen) atoms. The zero-order valence-corrected chi connectivity index (χ0v) is 13.1. The predicted octanol–water partition coefficient (Wildman–Crippen LogP) is 4.16. The zero-order chi connectivity index (χ0) is 17.7. The summed E-state index contributed by atoms with van der Waals surface area (Å²) in [5.41, 5.74) is 2.89. The summed E-state index contributed by atoms with van der Waals surface area (Å²) in [6, 6.07) is 7.56. The van der Waals surface area contributed by atoms with Gasteiger partial charge < -0.3 is 5.32 Å². The van der Waals surface area contributed by atoms with E-state index in [0.717, 1.165) is 6.07 Å². The Labute approximate surface area is 140 Å². The Hall–Kier alpha value is -2.61. The normalized spacial score (nSPS) is 11.5. The smallest absolute Gasteiger partial charge is 0.326 e. The molecule has 5 nitrogen and oxygen atoms in total. The number of alkyl halides is 3. The third kappa shape index (κ3) is 4.95. The van der Waals surface area contributed by atoms with Gasteiger partial charge in [-0.15, -0.1) is 0 Å². The van der Waals surface area contributed by atoms with Crippen LogP contribution in [0.1, 0.15) is 18.1 Å². The van der Waals surface area contributed by atoms with E-state index < -0.39 is 11.7 Å². The summed E-state index contributed by atoms with van der Waals surface area (Å²) in [6.45, 7) is 1.40. The fraction of sp³-hybridized carbons (Fsp3) is 0.133. The Morgan fingerprint density at radius 2 is 1.96 bits per heavy atom. The number of hydrogen-bond acceptors (Lipinski definition) is 4. The number of hydrogen-bond donors (Lipinski definition) is 2. The van der Waals surface area contributed by atoms with Crippen LogP contribution < -0.4 is 10.7 Å². The number of anilines is 2. The minimum absolute atomic E-state index is 0.00998. The number of aromatic nitrogens is 1. The molecule has 0 atom stereocenters. The van der Waals surface area contributed by atoms with Crippen molar-refractivity contribution in [2.75, 3.05) is 10.7 Å². The maximum absolute atomic E-state index is 12.5.